The van der Waals surface area contributed by atoms with Gasteiger partial charge in [0.05, 0.1) is 13.2 Å². The van der Waals surface area contributed by atoms with E-state index in [1.165, 1.54) is 11.1 Å². The van der Waals surface area contributed by atoms with Crippen LogP contribution in [0.4, 0.5) is 0 Å². The summed E-state index contributed by atoms with van der Waals surface area (Å²) in [4.78, 5) is 17.6. The average Bonchev–Trinajstić information content (AvgIpc) is 3.04. The lowest BCUT2D eigenvalue weighted by molar-refractivity contribution is -0.128. The lowest BCUT2D eigenvalue weighted by Crippen LogP contribution is -2.50. The number of piperazine rings is 1. The van der Waals surface area contributed by atoms with Crippen molar-refractivity contribution >= 4 is 12.0 Å². The van der Waals surface area contributed by atoms with Crippen molar-refractivity contribution in [2.75, 3.05) is 33.3 Å². The first kappa shape index (κ1) is 27.7. The minimum Gasteiger partial charge on any atom is -0.493 e. The topological polar surface area (TPSA) is 65.8 Å². The Bertz CT molecular complexity index is 1470. The SMILES string of the molecule is COc1cc(C=C(C#N)C(=O)N2CCN(C(c3ccccc3)c3ccccc3)CC2)ccc1OCc1ccccc1. The van der Waals surface area contributed by atoms with Crippen LogP contribution in [-0.4, -0.2) is 49.0 Å². The van der Waals surface area contributed by atoms with Gasteiger partial charge >= 0.3 is 0 Å². The average molecular weight is 544 g/mol. The Morgan fingerprint density at radius 1 is 0.829 bits per heavy atom. The minimum atomic E-state index is -0.258. The largest absolute Gasteiger partial charge is 0.493 e. The number of methoxy groups -OCH3 is 1. The summed E-state index contributed by atoms with van der Waals surface area (Å²) in [6.45, 7) is 2.92. The third-order valence-electron chi connectivity index (χ3n) is 7.28. The van der Waals surface area contributed by atoms with Crippen molar-refractivity contribution in [3.63, 3.8) is 0 Å². The summed E-state index contributed by atoms with van der Waals surface area (Å²) in [5.41, 5.74) is 4.30. The molecule has 206 valence electrons. The molecule has 6 heteroatoms. The second-order valence-corrected chi connectivity index (χ2v) is 9.91. The number of carbonyl (C=O) groups is 1. The fourth-order valence-electron chi connectivity index (χ4n) is 5.18. The number of nitriles is 1. The molecular weight excluding hydrogens is 510 g/mol. The van der Waals surface area contributed by atoms with Crippen molar-refractivity contribution in [2.24, 2.45) is 0 Å². The van der Waals surface area contributed by atoms with E-state index in [1.54, 1.807) is 30.2 Å². The van der Waals surface area contributed by atoms with Crippen LogP contribution < -0.4 is 9.47 Å². The molecule has 0 unspecified atom stereocenters. The van der Waals surface area contributed by atoms with Gasteiger partial charge in [0.15, 0.2) is 11.5 Å². The fourth-order valence-corrected chi connectivity index (χ4v) is 5.18. The van der Waals surface area contributed by atoms with E-state index in [2.05, 4.69) is 59.5 Å². The first-order chi connectivity index (χ1) is 20.2. The Kier molecular flexibility index (Phi) is 9.10. The van der Waals surface area contributed by atoms with Gasteiger partial charge in [-0.2, -0.15) is 5.26 Å². The molecule has 0 N–H and O–H groups in total. The van der Waals surface area contributed by atoms with Gasteiger partial charge in [0.1, 0.15) is 18.2 Å². The molecule has 1 amide bonds. The van der Waals surface area contributed by atoms with Crippen LogP contribution in [0.15, 0.2) is 115 Å². The number of nitrogens with zero attached hydrogens (tertiary/aromatic N) is 3. The molecule has 0 radical (unpaired) electrons. The summed E-state index contributed by atoms with van der Waals surface area (Å²) in [7, 11) is 1.58. The second kappa shape index (κ2) is 13.5. The highest BCUT2D eigenvalue weighted by Gasteiger charge is 2.29. The second-order valence-electron chi connectivity index (χ2n) is 9.91. The van der Waals surface area contributed by atoms with E-state index in [0.29, 0.717) is 49.8 Å². The Balaban J connectivity index is 1.26. The molecule has 4 aromatic rings. The van der Waals surface area contributed by atoms with Crippen molar-refractivity contribution in [1.29, 1.82) is 5.26 Å². The summed E-state index contributed by atoms with van der Waals surface area (Å²) in [6, 6.07) is 38.4. The molecule has 0 atom stereocenters. The molecule has 1 fully saturated rings. The van der Waals surface area contributed by atoms with Crippen LogP contribution >= 0.6 is 0 Å². The third-order valence-corrected chi connectivity index (χ3v) is 7.28. The molecule has 0 aromatic heterocycles. The van der Waals surface area contributed by atoms with Gasteiger partial charge in [-0.3, -0.25) is 9.69 Å². The van der Waals surface area contributed by atoms with Crippen LogP contribution in [0, 0.1) is 11.3 Å². The number of ether oxygens (including phenoxy) is 2. The molecule has 4 aromatic carbocycles. The summed E-state index contributed by atoms with van der Waals surface area (Å²) in [6.07, 6.45) is 1.62. The molecule has 6 nitrogen and oxygen atoms in total. The van der Waals surface area contributed by atoms with Gasteiger partial charge < -0.3 is 14.4 Å². The number of benzene rings is 4. The maximum absolute atomic E-state index is 13.4. The van der Waals surface area contributed by atoms with Gasteiger partial charge in [0, 0.05) is 26.2 Å². The predicted molar refractivity (Wildman–Crippen MR) is 160 cm³/mol. The highest BCUT2D eigenvalue weighted by atomic mass is 16.5. The standard InChI is InChI=1S/C35H33N3O3/c1-40-33-24-28(17-18-32(33)41-26-27-11-5-2-6-12-27)23-31(25-36)35(39)38-21-19-37(20-22-38)34(29-13-7-3-8-14-29)30-15-9-4-10-16-30/h2-18,23-24,34H,19-22,26H2,1H3. The summed E-state index contributed by atoms with van der Waals surface area (Å²) < 4.78 is 11.5. The number of hydrogen-bond donors (Lipinski definition) is 0. The quantitative estimate of drug-likeness (QED) is 0.188. The zero-order valence-electron chi connectivity index (χ0n) is 23.1. The van der Waals surface area contributed by atoms with Crippen molar-refractivity contribution < 1.29 is 14.3 Å². The first-order valence-corrected chi connectivity index (χ1v) is 13.8. The number of rotatable bonds is 9. The lowest BCUT2D eigenvalue weighted by atomic mass is 9.96. The highest BCUT2D eigenvalue weighted by Crippen LogP contribution is 2.31. The molecule has 5 rings (SSSR count). The molecule has 1 heterocycles. The van der Waals surface area contributed by atoms with Crippen LogP contribution in [0.5, 0.6) is 11.5 Å². The normalized spacial score (nSPS) is 14.0. The summed E-state index contributed by atoms with van der Waals surface area (Å²) in [5.74, 6) is 0.883. The van der Waals surface area contributed by atoms with E-state index in [9.17, 15) is 10.1 Å². The Hall–Kier alpha value is -4.86. The van der Waals surface area contributed by atoms with Crippen LogP contribution in [0.2, 0.25) is 0 Å². The Morgan fingerprint density at radius 3 is 1.98 bits per heavy atom. The number of hydrogen-bond acceptors (Lipinski definition) is 5. The van der Waals surface area contributed by atoms with E-state index >= 15 is 0 Å². The summed E-state index contributed by atoms with van der Waals surface area (Å²) in [5, 5.41) is 9.89. The van der Waals surface area contributed by atoms with Gasteiger partial charge in [0.2, 0.25) is 0 Å². The molecule has 1 saturated heterocycles. The molecule has 0 bridgehead atoms. The van der Waals surface area contributed by atoms with E-state index in [-0.39, 0.29) is 17.5 Å². The molecule has 0 spiro atoms. The Labute approximate surface area is 241 Å². The fraction of sp³-hybridized carbons (Fsp3) is 0.200. The van der Waals surface area contributed by atoms with Gasteiger partial charge in [-0.25, -0.2) is 0 Å². The van der Waals surface area contributed by atoms with E-state index in [1.807, 2.05) is 48.5 Å². The van der Waals surface area contributed by atoms with E-state index in [4.69, 9.17) is 9.47 Å². The van der Waals surface area contributed by atoms with Crippen LogP contribution in [0.25, 0.3) is 6.08 Å². The van der Waals surface area contributed by atoms with Gasteiger partial charge in [-0.15, -0.1) is 0 Å². The first-order valence-electron chi connectivity index (χ1n) is 13.8. The maximum atomic E-state index is 13.4. The van der Waals surface area contributed by atoms with Crippen molar-refractivity contribution in [3.8, 4) is 17.6 Å². The lowest BCUT2D eigenvalue weighted by Gasteiger charge is -2.39. The zero-order chi connectivity index (χ0) is 28.4. The van der Waals surface area contributed by atoms with Crippen LogP contribution in [0.1, 0.15) is 28.3 Å². The molecule has 1 aliphatic rings. The van der Waals surface area contributed by atoms with Gasteiger partial charge in [0.25, 0.3) is 5.91 Å². The van der Waals surface area contributed by atoms with E-state index in [0.717, 1.165) is 5.56 Å². The van der Waals surface area contributed by atoms with Crippen molar-refractivity contribution in [3.05, 3.63) is 137 Å². The Morgan fingerprint density at radius 2 is 1.41 bits per heavy atom. The van der Waals surface area contributed by atoms with E-state index < -0.39 is 0 Å². The highest BCUT2D eigenvalue weighted by molar-refractivity contribution is 6.01. The van der Waals surface area contributed by atoms with Crippen molar-refractivity contribution in [2.45, 2.75) is 12.6 Å². The molecule has 0 saturated carbocycles. The minimum absolute atomic E-state index is 0.0983. The van der Waals surface area contributed by atoms with Gasteiger partial charge in [-0.1, -0.05) is 97.1 Å². The van der Waals surface area contributed by atoms with Crippen LogP contribution in [-0.2, 0) is 11.4 Å². The van der Waals surface area contributed by atoms with Gasteiger partial charge in [-0.05, 0) is 40.5 Å². The van der Waals surface area contributed by atoms with Crippen LogP contribution in [0.3, 0.4) is 0 Å². The molecular formula is C35H33N3O3. The maximum Gasteiger partial charge on any atom is 0.264 e. The molecule has 41 heavy (non-hydrogen) atoms. The number of carbonyl (C=O) groups excluding carboxylic acids is 1. The number of amides is 1. The molecule has 1 aliphatic heterocycles. The smallest absolute Gasteiger partial charge is 0.264 e. The zero-order valence-corrected chi connectivity index (χ0v) is 23.1. The summed E-state index contributed by atoms with van der Waals surface area (Å²) >= 11 is 0. The molecule has 0 aliphatic carbocycles. The monoisotopic (exact) mass is 543 g/mol. The predicted octanol–water partition coefficient (Wildman–Crippen LogP) is 6.11. The third kappa shape index (κ3) is 6.84. The van der Waals surface area contributed by atoms with Crippen molar-refractivity contribution in [1.82, 2.24) is 9.80 Å².